The summed E-state index contributed by atoms with van der Waals surface area (Å²) in [5.41, 5.74) is 8.63. The fourth-order valence-electron chi connectivity index (χ4n) is 3.12. The monoisotopic (exact) mass is 446 g/mol. The number of nitrogens with zero attached hydrogens (tertiary/aromatic N) is 1. The Labute approximate surface area is 174 Å². The quantitative estimate of drug-likeness (QED) is 0.190. The van der Waals surface area contributed by atoms with E-state index in [1.165, 1.54) is 12.5 Å². The first-order chi connectivity index (χ1) is 14.0. The molecule has 4 unspecified atom stereocenters. The van der Waals surface area contributed by atoms with Gasteiger partial charge in [-0.2, -0.15) is 0 Å². The molecule has 0 spiro atoms. The van der Waals surface area contributed by atoms with Gasteiger partial charge in [0.25, 0.3) is 11.6 Å². The van der Waals surface area contributed by atoms with E-state index >= 15 is 0 Å². The number of fused-ring (bicyclic) bond motifs is 1. The molecule has 0 aromatic rings. The fraction of sp³-hybridized carbons (Fsp3) is 0.562. The zero-order chi connectivity index (χ0) is 22.6. The molecule has 14 heteroatoms. The average molecular weight is 446 g/mol. The molecule has 2 aliphatic rings. The van der Waals surface area contributed by atoms with Gasteiger partial charge in [0.1, 0.15) is 18.0 Å². The van der Waals surface area contributed by atoms with Crippen molar-refractivity contribution in [1.82, 2.24) is 10.2 Å². The van der Waals surface area contributed by atoms with E-state index in [1.807, 2.05) is 0 Å². The van der Waals surface area contributed by atoms with E-state index < -0.39 is 59.6 Å². The largest absolute Gasteiger partial charge is 0.480 e. The van der Waals surface area contributed by atoms with Gasteiger partial charge in [0.05, 0.1) is 0 Å². The lowest BCUT2D eigenvalue weighted by Gasteiger charge is -2.57. The maximum Gasteiger partial charge on any atom is 0.404 e. The minimum absolute atomic E-state index is 0.0635. The van der Waals surface area contributed by atoms with Crippen molar-refractivity contribution in [2.24, 2.45) is 11.5 Å². The molecule has 3 amide bonds. The van der Waals surface area contributed by atoms with Crippen molar-refractivity contribution in [3.63, 3.8) is 0 Å². The molecule has 0 aromatic carbocycles. The Bertz CT molecular complexity index is 789. The molecular weight excluding hydrogens is 424 g/mol. The Morgan fingerprint density at radius 2 is 2.03 bits per heavy atom. The van der Waals surface area contributed by atoms with Gasteiger partial charge in [0.15, 0.2) is 6.04 Å². The minimum atomic E-state index is -1.78. The number of β-lactam (4-membered cyclic amide) rings is 1. The third kappa shape index (κ3) is 4.49. The molecular formula is C16H22N4O9S. The summed E-state index contributed by atoms with van der Waals surface area (Å²) in [6.45, 7) is -0.411. The SMILES string of the molecule is COC1(NC(=O)CCCC(N)C(=O)O)C(=O)N2C(C(=O)O)C(COC(N)=O)=CSC21. The van der Waals surface area contributed by atoms with Crippen LogP contribution in [0, 0.1) is 0 Å². The molecule has 13 nitrogen and oxygen atoms in total. The first-order valence-corrected chi connectivity index (χ1v) is 9.66. The van der Waals surface area contributed by atoms with Gasteiger partial charge in [-0.25, -0.2) is 9.59 Å². The fourth-order valence-corrected chi connectivity index (χ4v) is 4.41. The standard InChI is InChI=1S/C16H22N4O9S/c1-28-16(19-9(21)4-2-3-8(17)11(22)23)13(26)20-10(12(24)25)7(5-29-15(18)27)6-30-14(16)20/h6,8,10,14H,2-5,17H2,1H3,(H2,18,27)(H,19,21)(H,22,23)(H,24,25). The number of nitrogens with two attached hydrogens (primary N) is 2. The molecule has 30 heavy (non-hydrogen) atoms. The van der Waals surface area contributed by atoms with Crippen LogP contribution in [-0.4, -0.2) is 81.9 Å². The van der Waals surface area contributed by atoms with Gasteiger partial charge in [-0.05, 0) is 18.2 Å². The molecule has 0 saturated carbocycles. The van der Waals surface area contributed by atoms with Crippen molar-refractivity contribution in [2.75, 3.05) is 13.7 Å². The van der Waals surface area contributed by atoms with Gasteiger partial charge in [0, 0.05) is 19.1 Å². The lowest BCUT2D eigenvalue weighted by molar-refractivity contribution is -0.201. The lowest BCUT2D eigenvalue weighted by Crippen LogP contribution is -2.83. The van der Waals surface area contributed by atoms with Gasteiger partial charge in [-0.1, -0.05) is 0 Å². The number of carboxylic acids is 2. The molecule has 1 fully saturated rings. The van der Waals surface area contributed by atoms with E-state index in [0.29, 0.717) is 0 Å². The van der Waals surface area contributed by atoms with Crippen LogP contribution >= 0.6 is 11.8 Å². The molecule has 7 N–H and O–H groups in total. The highest BCUT2D eigenvalue weighted by molar-refractivity contribution is 8.03. The van der Waals surface area contributed by atoms with Crippen molar-refractivity contribution in [2.45, 2.75) is 42.4 Å². The number of hydrogen-bond donors (Lipinski definition) is 5. The Morgan fingerprint density at radius 3 is 2.57 bits per heavy atom. The van der Waals surface area contributed by atoms with Gasteiger partial charge >= 0.3 is 18.0 Å². The second kappa shape index (κ2) is 9.32. The van der Waals surface area contributed by atoms with E-state index in [1.54, 1.807) is 0 Å². The summed E-state index contributed by atoms with van der Waals surface area (Å²) in [5.74, 6) is -3.90. The van der Waals surface area contributed by atoms with Crippen LogP contribution in [0.25, 0.3) is 0 Å². The summed E-state index contributed by atoms with van der Waals surface area (Å²) >= 11 is 1.01. The Morgan fingerprint density at radius 1 is 1.37 bits per heavy atom. The molecule has 2 aliphatic heterocycles. The third-order valence-corrected chi connectivity index (χ3v) is 5.88. The predicted octanol–water partition coefficient (Wildman–Crippen LogP) is -1.62. The van der Waals surface area contributed by atoms with Crippen molar-refractivity contribution in [1.29, 1.82) is 0 Å². The number of primary amides is 1. The van der Waals surface area contributed by atoms with Gasteiger partial charge in [-0.3, -0.25) is 14.4 Å². The summed E-state index contributed by atoms with van der Waals surface area (Å²) in [4.78, 5) is 59.3. The number of rotatable bonds is 10. The summed E-state index contributed by atoms with van der Waals surface area (Å²) in [6, 6.07) is -2.52. The van der Waals surface area contributed by atoms with Crippen LogP contribution in [0.2, 0.25) is 0 Å². The second-order valence-electron chi connectivity index (χ2n) is 6.57. The lowest BCUT2D eigenvalue weighted by atomic mass is 9.94. The van der Waals surface area contributed by atoms with E-state index in [4.69, 9.17) is 21.3 Å². The zero-order valence-corrected chi connectivity index (χ0v) is 16.7. The third-order valence-electron chi connectivity index (χ3n) is 4.63. The number of aliphatic carboxylic acids is 2. The molecule has 1 saturated heterocycles. The number of thioether (sulfide) groups is 1. The number of methoxy groups -OCH3 is 1. The van der Waals surface area contributed by atoms with Crippen LogP contribution in [-0.2, 0) is 28.7 Å². The van der Waals surface area contributed by atoms with E-state index in [2.05, 4.69) is 10.1 Å². The molecule has 166 valence electrons. The first-order valence-electron chi connectivity index (χ1n) is 8.72. The number of carbonyl (C=O) groups excluding carboxylic acids is 3. The van der Waals surface area contributed by atoms with E-state index in [-0.39, 0.29) is 24.8 Å². The molecule has 0 bridgehead atoms. The topological polar surface area (TPSA) is 212 Å². The highest BCUT2D eigenvalue weighted by Gasteiger charge is 2.67. The molecule has 0 aliphatic carbocycles. The maximum absolute atomic E-state index is 12.8. The highest BCUT2D eigenvalue weighted by Crippen LogP contribution is 2.46. The number of carboxylic acid groups (broad SMARTS) is 2. The van der Waals surface area contributed by atoms with Crippen LogP contribution in [0.4, 0.5) is 4.79 Å². The highest BCUT2D eigenvalue weighted by atomic mass is 32.2. The predicted molar refractivity (Wildman–Crippen MR) is 101 cm³/mol. The molecule has 0 radical (unpaired) electrons. The first kappa shape index (κ1) is 23.4. The van der Waals surface area contributed by atoms with Crippen LogP contribution in [0.15, 0.2) is 11.0 Å². The number of hydrogen-bond acceptors (Lipinski definition) is 9. The normalized spacial score (nSPS) is 26.0. The van der Waals surface area contributed by atoms with Crippen LogP contribution in [0.3, 0.4) is 0 Å². The Hall–Kier alpha value is -2.84. The Kier molecular flexibility index (Phi) is 7.28. The van der Waals surface area contributed by atoms with E-state index in [9.17, 15) is 29.1 Å². The van der Waals surface area contributed by atoms with Crippen molar-refractivity contribution in [3.8, 4) is 0 Å². The van der Waals surface area contributed by atoms with E-state index in [0.717, 1.165) is 16.7 Å². The summed E-state index contributed by atoms with van der Waals surface area (Å²) in [5, 5.41) is 21.3. The van der Waals surface area contributed by atoms with Gasteiger partial charge < -0.3 is 41.4 Å². The number of ether oxygens (including phenoxy) is 2. The number of carbonyl (C=O) groups is 5. The number of amides is 3. The summed E-state index contributed by atoms with van der Waals surface area (Å²) in [6.07, 6.45) is -0.968. The number of nitrogens with one attached hydrogen (secondary N) is 1. The molecule has 2 heterocycles. The van der Waals surface area contributed by atoms with Crippen molar-refractivity contribution in [3.05, 3.63) is 11.0 Å². The summed E-state index contributed by atoms with van der Waals surface area (Å²) < 4.78 is 9.89. The van der Waals surface area contributed by atoms with Crippen LogP contribution in [0.5, 0.6) is 0 Å². The van der Waals surface area contributed by atoms with Crippen LogP contribution < -0.4 is 16.8 Å². The Balaban J connectivity index is 2.10. The molecule has 0 aromatic heterocycles. The smallest absolute Gasteiger partial charge is 0.404 e. The maximum atomic E-state index is 12.8. The van der Waals surface area contributed by atoms with Crippen LogP contribution in [0.1, 0.15) is 19.3 Å². The molecule has 2 rings (SSSR count). The zero-order valence-electron chi connectivity index (χ0n) is 15.9. The van der Waals surface area contributed by atoms with Crippen molar-refractivity contribution >= 4 is 41.6 Å². The van der Waals surface area contributed by atoms with Gasteiger partial charge in [0.2, 0.25) is 5.91 Å². The van der Waals surface area contributed by atoms with Crippen molar-refractivity contribution < 1.29 is 43.7 Å². The molecule has 4 atom stereocenters. The van der Waals surface area contributed by atoms with Gasteiger partial charge in [-0.15, -0.1) is 11.8 Å². The second-order valence-corrected chi connectivity index (χ2v) is 7.52. The minimum Gasteiger partial charge on any atom is -0.480 e. The average Bonchev–Trinajstić information content (AvgIpc) is 2.68. The summed E-state index contributed by atoms with van der Waals surface area (Å²) in [7, 11) is 1.20.